The third-order valence-electron chi connectivity index (χ3n) is 7.46. The largest absolute Gasteiger partial charge is 0.497 e. The van der Waals surface area contributed by atoms with Gasteiger partial charge in [0.15, 0.2) is 0 Å². The minimum absolute atomic E-state index is 0.0626. The van der Waals surface area contributed by atoms with Crippen molar-refractivity contribution < 1.29 is 23.5 Å². The van der Waals surface area contributed by atoms with Crippen LogP contribution in [0.3, 0.4) is 0 Å². The number of nitrogens with zero attached hydrogens (tertiary/aromatic N) is 3. The lowest BCUT2D eigenvalue weighted by Gasteiger charge is -2.37. The number of halogens is 1. The van der Waals surface area contributed by atoms with Crippen LogP contribution in [0.1, 0.15) is 36.6 Å². The fraction of sp³-hybridized carbons (Fsp3) is 0.206. The van der Waals surface area contributed by atoms with E-state index in [9.17, 15) is 18.8 Å². The van der Waals surface area contributed by atoms with E-state index in [1.165, 1.54) is 18.2 Å². The van der Waals surface area contributed by atoms with Crippen LogP contribution in [0, 0.1) is 5.82 Å². The van der Waals surface area contributed by atoms with Gasteiger partial charge in [-0.3, -0.25) is 14.4 Å². The zero-order valence-corrected chi connectivity index (χ0v) is 24.1. The maximum absolute atomic E-state index is 14.2. The van der Waals surface area contributed by atoms with Gasteiger partial charge in [-0.25, -0.2) is 4.39 Å². The number of carbonyl (C=O) groups is 3. The first kappa shape index (κ1) is 29.3. The normalized spacial score (nSPS) is 12.9. The lowest BCUT2D eigenvalue weighted by molar-refractivity contribution is 0.0742. The molecule has 0 unspecified atom stereocenters. The van der Waals surface area contributed by atoms with E-state index in [0.717, 1.165) is 5.56 Å². The van der Waals surface area contributed by atoms with Crippen LogP contribution in [-0.4, -0.2) is 67.9 Å². The number of rotatable bonds is 8. The molecule has 0 radical (unpaired) electrons. The molecule has 5 rings (SSSR count). The summed E-state index contributed by atoms with van der Waals surface area (Å²) in [5.74, 6) is -0.834. The molecule has 0 saturated carbocycles. The molecule has 3 amide bonds. The van der Waals surface area contributed by atoms with Crippen molar-refractivity contribution in [2.45, 2.75) is 6.54 Å². The summed E-state index contributed by atoms with van der Waals surface area (Å²) in [5, 5.41) is 2.73. The van der Waals surface area contributed by atoms with Crippen molar-refractivity contribution in [2.75, 3.05) is 50.6 Å². The number of amides is 3. The first-order chi connectivity index (χ1) is 20.8. The second kappa shape index (κ2) is 13.2. The Hall–Kier alpha value is -5.18. The number of hydrogen-bond acceptors (Lipinski definition) is 5. The molecule has 0 atom stereocenters. The fourth-order valence-electron chi connectivity index (χ4n) is 5.11. The topological polar surface area (TPSA) is 82.2 Å². The van der Waals surface area contributed by atoms with Gasteiger partial charge < -0.3 is 24.8 Å². The van der Waals surface area contributed by atoms with Crippen molar-refractivity contribution >= 4 is 29.1 Å². The van der Waals surface area contributed by atoms with Crippen LogP contribution in [0.4, 0.5) is 15.8 Å². The minimum Gasteiger partial charge on any atom is -0.497 e. The van der Waals surface area contributed by atoms with E-state index in [1.807, 2.05) is 30.3 Å². The molecule has 0 aromatic heterocycles. The molecular weight excluding hydrogens is 547 g/mol. The smallest absolute Gasteiger partial charge is 0.258 e. The lowest BCUT2D eigenvalue weighted by Crippen LogP contribution is -2.49. The number of piperazine rings is 1. The molecule has 1 fully saturated rings. The minimum atomic E-state index is -0.627. The summed E-state index contributed by atoms with van der Waals surface area (Å²) in [7, 11) is 3.31. The van der Waals surface area contributed by atoms with Crippen LogP contribution in [0.15, 0.2) is 97.1 Å². The van der Waals surface area contributed by atoms with Gasteiger partial charge in [0.25, 0.3) is 17.7 Å². The predicted octanol–water partition coefficient (Wildman–Crippen LogP) is 5.32. The molecule has 1 saturated heterocycles. The Bertz CT molecular complexity index is 1600. The Morgan fingerprint density at radius 3 is 2.19 bits per heavy atom. The van der Waals surface area contributed by atoms with Crippen molar-refractivity contribution in [3.8, 4) is 5.75 Å². The van der Waals surface area contributed by atoms with E-state index in [0.29, 0.717) is 61.0 Å². The number of carbonyl (C=O) groups excluding carboxylic acids is 3. The maximum atomic E-state index is 14.2. The van der Waals surface area contributed by atoms with Crippen molar-refractivity contribution in [3.05, 3.63) is 125 Å². The molecule has 1 aliphatic rings. The fourth-order valence-corrected chi connectivity index (χ4v) is 5.11. The van der Waals surface area contributed by atoms with Gasteiger partial charge in [0, 0.05) is 56.7 Å². The second-order valence-electron chi connectivity index (χ2n) is 10.3. The molecule has 1 N–H and O–H groups in total. The Morgan fingerprint density at radius 2 is 1.51 bits per heavy atom. The number of hydrogen-bond donors (Lipinski definition) is 1. The highest BCUT2D eigenvalue weighted by atomic mass is 19.1. The summed E-state index contributed by atoms with van der Waals surface area (Å²) in [5.41, 5.74) is 2.96. The van der Waals surface area contributed by atoms with Crippen LogP contribution in [-0.2, 0) is 6.54 Å². The van der Waals surface area contributed by atoms with Gasteiger partial charge in [0.1, 0.15) is 11.6 Å². The van der Waals surface area contributed by atoms with E-state index < -0.39 is 11.7 Å². The number of ether oxygens (including phenoxy) is 1. The van der Waals surface area contributed by atoms with E-state index in [4.69, 9.17) is 4.74 Å². The maximum Gasteiger partial charge on any atom is 0.258 e. The highest BCUT2D eigenvalue weighted by Crippen LogP contribution is 2.28. The second-order valence-corrected chi connectivity index (χ2v) is 10.3. The van der Waals surface area contributed by atoms with Crippen LogP contribution in [0.2, 0.25) is 0 Å². The number of nitrogens with one attached hydrogen (secondary N) is 1. The molecule has 8 nitrogen and oxygen atoms in total. The summed E-state index contributed by atoms with van der Waals surface area (Å²) in [6.07, 6.45) is 0. The first-order valence-corrected chi connectivity index (χ1v) is 14.0. The zero-order chi connectivity index (χ0) is 30.3. The molecule has 1 heterocycles. The SMILES string of the molecule is COc1ccc(C(=O)N2CCN(c3ccc(NC(=O)c4ccccc4F)cc3C(=O)N(C)Cc3ccccc3)CC2)cc1. The summed E-state index contributed by atoms with van der Waals surface area (Å²) in [6.45, 7) is 2.39. The van der Waals surface area contributed by atoms with Crippen molar-refractivity contribution in [2.24, 2.45) is 0 Å². The average molecular weight is 581 g/mol. The molecule has 0 spiro atoms. The Labute approximate surface area is 250 Å². The molecular formula is C34H33FN4O4. The van der Waals surface area contributed by atoms with Gasteiger partial charge in [-0.2, -0.15) is 0 Å². The number of benzene rings is 4. The molecule has 4 aromatic carbocycles. The van der Waals surface area contributed by atoms with Gasteiger partial charge in [-0.15, -0.1) is 0 Å². The monoisotopic (exact) mass is 580 g/mol. The summed E-state index contributed by atoms with van der Waals surface area (Å²) in [4.78, 5) is 45.3. The molecule has 0 aliphatic carbocycles. The molecule has 43 heavy (non-hydrogen) atoms. The Balaban J connectivity index is 1.37. The first-order valence-electron chi connectivity index (χ1n) is 14.0. The van der Waals surface area contributed by atoms with Crippen molar-refractivity contribution in [1.29, 1.82) is 0 Å². The summed E-state index contributed by atoms with van der Waals surface area (Å²) < 4.78 is 19.4. The zero-order valence-electron chi connectivity index (χ0n) is 24.1. The number of methoxy groups -OCH3 is 1. The lowest BCUT2D eigenvalue weighted by atomic mass is 10.1. The van der Waals surface area contributed by atoms with Gasteiger partial charge in [-0.1, -0.05) is 42.5 Å². The van der Waals surface area contributed by atoms with Gasteiger partial charge in [-0.05, 0) is 60.2 Å². The van der Waals surface area contributed by atoms with Gasteiger partial charge in [0.05, 0.1) is 18.2 Å². The van der Waals surface area contributed by atoms with Gasteiger partial charge >= 0.3 is 0 Å². The predicted molar refractivity (Wildman–Crippen MR) is 164 cm³/mol. The third kappa shape index (κ3) is 6.83. The Kier molecular flexibility index (Phi) is 9.00. The molecule has 0 bridgehead atoms. The average Bonchev–Trinajstić information content (AvgIpc) is 3.05. The highest BCUT2D eigenvalue weighted by molar-refractivity contribution is 6.06. The highest BCUT2D eigenvalue weighted by Gasteiger charge is 2.26. The molecule has 4 aromatic rings. The number of anilines is 2. The Morgan fingerprint density at radius 1 is 0.837 bits per heavy atom. The van der Waals surface area contributed by atoms with Crippen LogP contribution < -0.4 is 15.0 Å². The molecule has 9 heteroatoms. The standard InChI is InChI=1S/C34H33FN4O4/c1-37(23-24-8-4-3-5-9-24)34(42)29-22-26(36-32(40)28-10-6-7-11-30(28)35)14-17-31(29)38-18-20-39(21-19-38)33(41)25-12-15-27(43-2)16-13-25/h3-17,22H,18-21,23H2,1-2H3,(H,36,40). The third-order valence-corrected chi connectivity index (χ3v) is 7.46. The van der Waals surface area contributed by atoms with Crippen molar-refractivity contribution in [1.82, 2.24) is 9.80 Å². The van der Waals surface area contributed by atoms with E-state index in [-0.39, 0.29) is 17.4 Å². The molecule has 1 aliphatic heterocycles. The molecule has 220 valence electrons. The van der Waals surface area contributed by atoms with Crippen LogP contribution in [0.5, 0.6) is 5.75 Å². The van der Waals surface area contributed by atoms with E-state index in [2.05, 4.69) is 10.2 Å². The summed E-state index contributed by atoms with van der Waals surface area (Å²) in [6, 6.07) is 27.6. The van der Waals surface area contributed by atoms with Gasteiger partial charge in [0.2, 0.25) is 0 Å². The van der Waals surface area contributed by atoms with Crippen LogP contribution >= 0.6 is 0 Å². The van der Waals surface area contributed by atoms with Crippen LogP contribution in [0.25, 0.3) is 0 Å². The van der Waals surface area contributed by atoms with E-state index in [1.54, 1.807) is 72.5 Å². The quantitative estimate of drug-likeness (QED) is 0.305. The van der Waals surface area contributed by atoms with E-state index >= 15 is 0 Å². The van der Waals surface area contributed by atoms with Crippen molar-refractivity contribution in [3.63, 3.8) is 0 Å². The summed E-state index contributed by atoms with van der Waals surface area (Å²) >= 11 is 0.